The number of likely N-dealkylation sites (tertiary alicyclic amines) is 2. The Labute approximate surface area is 162 Å². The highest BCUT2D eigenvalue weighted by Gasteiger charge is 2.25. The van der Waals surface area contributed by atoms with Gasteiger partial charge in [0, 0.05) is 43.6 Å². The second-order valence-electron chi connectivity index (χ2n) is 8.14. The van der Waals surface area contributed by atoms with Crippen LogP contribution in [0, 0.1) is 11.8 Å². The summed E-state index contributed by atoms with van der Waals surface area (Å²) in [4.78, 5) is 28.6. The quantitative estimate of drug-likeness (QED) is 0.794. The molecule has 5 heteroatoms. The molecule has 0 unspecified atom stereocenters. The Kier molecular flexibility index (Phi) is 6.75. The van der Waals surface area contributed by atoms with Gasteiger partial charge in [0.2, 0.25) is 5.91 Å². The van der Waals surface area contributed by atoms with E-state index in [9.17, 15) is 9.59 Å². The molecule has 2 heterocycles. The van der Waals surface area contributed by atoms with Crippen molar-refractivity contribution in [3.05, 3.63) is 29.8 Å². The van der Waals surface area contributed by atoms with Gasteiger partial charge in [-0.1, -0.05) is 13.8 Å². The van der Waals surface area contributed by atoms with Gasteiger partial charge in [-0.15, -0.1) is 0 Å². The Morgan fingerprint density at radius 2 is 1.67 bits per heavy atom. The molecular formula is C22H32N2O3. The molecule has 1 aromatic carbocycles. The molecule has 5 nitrogen and oxygen atoms in total. The normalized spacial score (nSPS) is 20.6. The van der Waals surface area contributed by atoms with Crippen LogP contribution in [0.3, 0.4) is 0 Å². The maximum atomic E-state index is 12.5. The second-order valence-corrected chi connectivity index (χ2v) is 8.14. The lowest BCUT2D eigenvalue weighted by atomic mass is 9.98. The summed E-state index contributed by atoms with van der Waals surface area (Å²) in [6.07, 6.45) is 5.55. The van der Waals surface area contributed by atoms with E-state index in [1.165, 1.54) is 6.42 Å². The summed E-state index contributed by atoms with van der Waals surface area (Å²) in [6, 6.07) is 7.50. The van der Waals surface area contributed by atoms with Gasteiger partial charge in [0.05, 0.1) is 6.61 Å². The van der Waals surface area contributed by atoms with Crippen molar-refractivity contribution in [3.8, 4) is 5.75 Å². The zero-order chi connectivity index (χ0) is 19.2. The Bertz CT molecular complexity index is 635. The van der Waals surface area contributed by atoms with E-state index in [1.54, 1.807) is 0 Å². The Hall–Kier alpha value is -2.04. The van der Waals surface area contributed by atoms with Gasteiger partial charge in [-0.3, -0.25) is 9.59 Å². The molecule has 1 atom stereocenters. The molecule has 0 aromatic heterocycles. The topological polar surface area (TPSA) is 49.9 Å². The third-order valence-electron chi connectivity index (χ3n) is 5.55. The Balaban J connectivity index is 1.49. The van der Waals surface area contributed by atoms with Crippen LogP contribution < -0.4 is 4.74 Å². The molecule has 2 fully saturated rings. The largest absolute Gasteiger partial charge is 0.493 e. The number of carbonyl (C=O) groups excluding carboxylic acids is 2. The number of hydrogen-bond donors (Lipinski definition) is 0. The lowest BCUT2D eigenvalue weighted by Crippen LogP contribution is -2.43. The summed E-state index contributed by atoms with van der Waals surface area (Å²) >= 11 is 0. The molecule has 1 aromatic rings. The average molecular weight is 373 g/mol. The van der Waals surface area contributed by atoms with Gasteiger partial charge in [0.1, 0.15) is 5.75 Å². The third-order valence-corrected chi connectivity index (χ3v) is 5.55. The monoisotopic (exact) mass is 372 g/mol. The highest BCUT2D eigenvalue weighted by atomic mass is 16.5. The zero-order valence-electron chi connectivity index (χ0n) is 16.7. The molecule has 0 N–H and O–H groups in total. The van der Waals surface area contributed by atoms with Gasteiger partial charge in [-0.25, -0.2) is 0 Å². The van der Waals surface area contributed by atoms with Crippen LogP contribution in [0.15, 0.2) is 24.3 Å². The van der Waals surface area contributed by atoms with Crippen LogP contribution >= 0.6 is 0 Å². The molecule has 0 saturated carbocycles. The van der Waals surface area contributed by atoms with Gasteiger partial charge in [-0.05, 0) is 56.4 Å². The van der Waals surface area contributed by atoms with Gasteiger partial charge < -0.3 is 14.5 Å². The van der Waals surface area contributed by atoms with Crippen molar-refractivity contribution in [2.45, 2.75) is 46.0 Å². The van der Waals surface area contributed by atoms with E-state index in [2.05, 4.69) is 0 Å². The van der Waals surface area contributed by atoms with Crippen molar-refractivity contribution in [2.75, 3.05) is 32.8 Å². The van der Waals surface area contributed by atoms with Gasteiger partial charge in [0.15, 0.2) is 0 Å². The first kappa shape index (κ1) is 19.7. The number of hydrogen-bond acceptors (Lipinski definition) is 3. The molecule has 0 spiro atoms. The number of carbonyl (C=O) groups is 2. The SMILES string of the molecule is CC(C)C(=O)N1CCC[C@@H](COc2ccc(C(=O)N3CCCCC3)cc2)C1. The van der Waals surface area contributed by atoms with E-state index in [1.807, 2.05) is 47.9 Å². The van der Waals surface area contributed by atoms with Crippen LogP contribution in [-0.4, -0.2) is 54.4 Å². The first-order valence-electron chi connectivity index (χ1n) is 10.4. The van der Waals surface area contributed by atoms with Crippen molar-refractivity contribution < 1.29 is 14.3 Å². The van der Waals surface area contributed by atoms with E-state index in [0.717, 1.165) is 63.2 Å². The molecule has 0 radical (unpaired) electrons. The number of nitrogens with zero attached hydrogens (tertiary/aromatic N) is 2. The van der Waals surface area contributed by atoms with Crippen LogP contribution in [0.4, 0.5) is 0 Å². The summed E-state index contributed by atoms with van der Waals surface area (Å²) in [5, 5.41) is 0. The number of rotatable bonds is 5. The van der Waals surface area contributed by atoms with Crippen molar-refractivity contribution in [1.29, 1.82) is 0 Å². The van der Waals surface area contributed by atoms with E-state index in [0.29, 0.717) is 12.5 Å². The summed E-state index contributed by atoms with van der Waals surface area (Å²) in [7, 11) is 0. The van der Waals surface area contributed by atoms with Gasteiger partial charge >= 0.3 is 0 Å². The highest BCUT2D eigenvalue weighted by molar-refractivity contribution is 5.94. The highest BCUT2D eigenvalue weighted by Crippen LogP contribution is 2.21. The van der Waals surface area contributed by atoms with Gasteiger partial charge in [0.25, 0.3) is 5.91 Å². The molecule has 27 heavy (non-hydrogen) atoms. The van der Waals surface area contributed by atoms with Crippen LogP contribution in [0.1, 0.15) is 56.3 Å². The van der Waals surface area contributed by atoms with E-state index in [-0.39, 0.29) is 17.7 Å². The molecule has 148 valence electrons. The minimum Gasteiger partial charge on any atom is -0.493 e. The number of ether oxygens (including phenoxy) is 1. The molecule has 2 aliphatic heterocycles. The Morgan fingerprint density at radius 1 is 1.00 bits per heavy atom. The first-order chi connectivity index (χ1) is 13.0. The summed E-state index contributed by atoms with van der Waals surface area (Å²) in [5.74, 6) is 1.57. The molecule has 0 aliphatic carbocycles. The minimum absolute atomic E-state index is 0.0506. The average Bonchev–Trinajstić information content (AvgIpc) is 2.72. The van der Waals surface area contributed by atoms with Gasteiger partial charge in [-0.2, -0.15) is 0 Å². The van der Waals surface area contributed by atoms with Crippen LogP contribution in [0.25, 0.3) is 0 Å². The molecule has 2 saturated heterocycles. The molecule has 3 rings (SSSR count). The fraction of sp³-hybridized carbons (Fsp3) is 0.636. The summed E-state index contributed by atoms with van der Waals surface area (Å²) < 4.78 is 5.95. The first-order valence-corrected chi connectivity index (χ1v) is 10.4. The van der Waals surface area contributed by atoms with Crippen molar-refractivity contribution in [3.63, 3.8) is 0 Å². The molecular weight excluding hydrogens is 340 g/mol. The lowest BCUT2D eigenvalue weighted by molar-refractivity contribution is -0.136. The smallest absolute Gasteiger partial charge is 0.253 e. The predicted octanol–water partition coefficient (Wildman–Crippen LogP) is 3.59. The number of benzene rings is 1. The standard InChI is InChI=1S/C22H32N2O3/c1-17(2)21(25)24-14-6-7-18(15-24)16-27-20-10-8-19(9-11-20)22(26)23-12-4-3-5-13-23/h8-11,17-18H,3-7,12-16H2,1-2H3/t18-/m1/s1. The molecule has 0 bridgehead atoms. The summed E-state index contributed by atoms with van der Waals surface area (Å²) in [5.41, 5.74) is 0.732. The Morgan fingerprint density at radius 3 is 2.33 bits per heavy atom. The lowest BCUT2D eigenvalue weighted by Gasteiger charge is -2.33. The van der Waals surface area contributed by atoms with Crippen molar-refractivity contribution >= 4 is 11.8 Å². The fourth-order valence-corrected chi connectivity index (χ4v) is 3.95. The van der Waals surface area contributed by atoms with E-state index in [4.69, 9.17) is 4.74 Å². The molecule has 2 amide bonds. The number of piperidine rings is 2. The number of amides is 2. The minimum atomic E-state index is 0.0506. The predicted molar refractivity (Wildman–Crippen MR) is 106 cm³/mol. The zero-order valence-corrected chi connectivity index (χ0v) is 16.7. The maximum Gasteiger partial charge on any atom is 0.253 e. The summed E-state index contributed by atoms with van der Waals surface area (Å²) in [6.45, 7) is 7.89. The van der Waals surface area contributed by atoms with Crippen molar-refractivity contribution in [2.24, 2.45) is 11.8 Å². The fourth-order valence-electron chi connectivity index (χ4n) is 3.95. The van der Waals surface area contributed by atoms with E-state index >= 15 is 0 Å². The van der Waals surface area contributed by atoms with Crippen LogP contribution in [0.5, 0.6) is 5.75 Å². The van der Waals surface area contributed by atoms with Crippen LogP contribution in [-0.2, 0) is 4.79 Å². The van der Waals surface area contributed by atoms with Crippen molar-refractivity contribution in [1.82, 2.24) is 9.80 Å². The second kappa shape index (κ2) is 9.25. The molecule has 2 aliphatic rings. The van der Waals surface area contributed by atoms with E-state index < -0.39 is 0 Å². The maximum absolute atomic E-state index is 12.5. The third kappa shape index (κ3) is 5.24. The van der Waals surface area contributed by atoms with Crippen LogP contribution in [0.2, 0.25) is 0 Å².